The van der Waals surface area contributed by atoms with E-state index in [-0.39, 0.29) is 0 Å². The van der Waals surface area contributed by atoms with E-state index in [1.165, 1.54) is 4.90 Å². The van der Waals surface area contributed by atoms with Crippen LogP contribution in [0.2, 0.25) is 0 Å². The number of carboxylic acids is 2. The van der Waals surface area contributed by atoms with Crippen molar-refractivity contribution >= 4 is 24.0 Å². The van der Waals surface area contributed by atoms with E-state index >= 15 is 0 Å². The summed E-state index contributed by atoms with van der Waals surface area (Å²) in [6.45, 7) is 8.93. The minimum atomic E-state index is -2.27. The number of amides is 1. The first-order valence-electron chi connectivity index (χ1n) is 8.50. The Kier molecular flexibility index (Phi) is 10.4. The second-order valence-corrected chi connectivity index (χ2v) is 6.71. The lowest BCUT2D eigenvalue weighted by Crippen LogP contribution is -2.58. The lowest BCUT2D eigenvalue weighted by molar-refractivity contribution is -0.165. The van der Waals surface area contributed by atoms with E-state index in [1.54, 1.807) is 27.7 Å². The van der Waals surface area contributed by atoms with Crippen LogP contribution in [0.3, 0.4) is 0 Å². The molecule has 162 valence electrons. The van der Waals surface area contributed by atoms with E-state index in [1.807, 2.05) is 0 Å². The fourth-order valence-corrected chi connectivity index (χ4v) is 1.96. The Morgan fingerprint density at radius 3 is 2.00 bits per heavy atom. The first-order chi connectivity index (χ1) is 12.8. The van der Waals surface area contributed by atoms with Gasteiger partial charge in [-0.05, 0) is 27.7 Å². The van der Waals surface area contributed by atoms with E-state index in [0.29, 0.717) is 26.2 Å². The highest BCUT2D eigenvalue weighted by atomic mass is 16.6. The van der Waals surface area contributed by atoms with Gasteiger partial charge in [0.15, 0.2) is 12.2 Å². The number of nitrogens with one attached hydrogen (secondary N) is 1. The highest BCUT2D eigenvalue weighted by molar-refractivity contribution is 5.83. The number of hydrogen-bond donors (Lipinski definition) is 5. The van der Waals surface area contributed by atoms with Gasteiger partial charge >= 0.3 is 24.0 Å². The van der Waals surface area contributed by atoms with Crippen LogP contribution in [0.25, 0.3) is 0 Å². The summed E-state index contributed by atoms with van der Waals surface area (Å²) >= 11 is 0. The third-order valence-corrected chi connectivity index (χ3v) is 3.24. The average Bonchev–Trinajstić information content (AvgIpc) is 2.59. The third-order valence-electron chi connectivity index (χ3n) is 3.24. The minimum absolute atomic E-state index is 0.303. The Hall–Kier alpha value is -2.44. The van der Waals surface area contributed by atoms with Gasteiger partial charge in [0.25, 0.3) is 0 Å². The Labute approximate surface area is 162 Å². The molecule has 1 heterocycles. The second-order valence-electron chi connectivity index (χ2n) is 6.71. The molecule has 28 heavy (non-hydrogen) atoms. The number of aliphatic hydroxyl groups excluding tert-OH is 2. The van der Waals surface area contributed by atoms with Crippen LogP contribution in [-0.2, 0) is 23.9 Å². The van der Waals surface area contributed by atoms with Gasteiger partial charge in [0.05, 0.1) is 6.61 Å². The molecule has 1 aliphatic heterocycles. The van der Waals surface area contributed by atoms with Crippen molar-refractivity contribution in [3.63, 3.8) is 0 Å². The monoisotopic (exact) mass is 408 g/mol. The van der Waals surface area contributed by atoms with E-state index in [9.17, 15) is 19.2 Å². The highest BCUT2D eigenvalue weighted by Crippen LogP contribution is 2.14. The average molecular weight is 408 g/mol. The van der Waals surface area contributed by atoms with Crippen molar-refractivity contribution < 1.29 is 49.1 Å². The van der Waals surface area contributed by atoms with Crippen LogP contribution in [0.1, 0.15) is 27.7 Å². The molecule has 12 nitrogen and oxygen atoms in total. The number of carbonyl (C=O) groups is 4. The molecule has 0 radical (unpaired) electrons. The summed E-state index contributed by atoms with van der Waals surface area (Å²) in [5.41, 5.74) is -0.568. The molecule has 0 aliphatic carbocycles. The number of esters is 1. The Morgan fingerprint density at radius 2 is 1.61 bits per heavy atom. The predicted octanol–water partition coefficient (Wildman–Crippen LogP) is -1.36. The summed E-state index contributed by atoms with van der Waals surface area (Å²) in [7, 11) is 0. The van der Waals surface area contributed by atoms with Gasteiger partial charge < -0.3 is 35.2 Å². The molecule has 0 aromatic heterocycles. The SMILES string of the molecule is CCOC(=O)[C@@H]1CNCCN1C(=O)OC(C)(C)C.O=C(O)[C@@H](O)[C@H](O)C(=O)O. The van der Waals surface area contributed by atoms with Gasteiger partial charge in [-0.3, -0.25) is 4.90 Å². The summed E-state index contributed by atoms with van der Waals surface area (Å²) in [5, 5.41) is 35.6. The minimum Gasteiger partial charge on any atom is -0.479 e. The summed E-state index contributed by atoms with van der Waals surface area (Å²) in [6, 6.07) is -0.603. The number of carboxylic acid groups (broad SMARTS) is 2. The van der Waals surface area contributed by atoms with Crippen molar-refractivity contribution in [3.8, 4) is 0 Å². The Morgan fingerprint density at radius 1 is 1.11 bits per heavy atom. The van der Waals surface area contributed by atoms with Gasteiger partial charge in [-0.2, -0.15) is 0 Å². The molecule has 3 atom stereocenters. The van der Waals surface area contributed by atoms with E-state index in [4.69, 9.17) is 29.9 Å². The van der Waals surface area contributed by atoms with Gasteiger partial charge in [-0.15, -0.1) is 0 Å². The Bertz CT molecular complexity index is 542. The molecule has 12 heteroatoms. The van der Waals surface area contributed by atoms with Crippen LogP contribution >= 0.6 is 0 Å². The topological polar surface area (TPSA) is 183 Å². The van der Waals surface area contributed by atoms with Crippen LogP contribution in [0, 0.1) is 0 Å². The number of carbonyl (C=O) groups excluding carboxylic acids is 2. The van der Waals surface area contributed by atoms with Crippen LogP contribution < -0.4 is 5.32 Å². The summed E-state index contributed by atoms with van der Waals surface area (Å²) < 4.78 is 10.3. The molecule has 1 saturated heterocycles. The number of aliphatic hydroxyl groups is 2. The molecule has 1 rings (SSSR count). The first-order valence-corrected chi connectivity index (χ1v) is 8.50. The van der Waals surface area contributed by atoms with Gasteiger partial charge in [0, 0.05) is 19.6 Å². The number of ether oxygens (including phenoxy) is 2. The van der Waals surface area contributed by atoms with Crippen LogP contribution in [-0.4, -0.2) is 99.4 Å². The number of rotatable bonds is 5. The van der Waals surface area contributed by atoms with Crippen LogP contribution in [0.5, 0.6) is 0 Å². The molecule has 0 bridgehead atoms. The van der Waals surface area contributed by atoms with Gasteiger partial charge in [0.2, 0.25) is 0 Å². The number of piperazine rings is 1. The normalized spacial score (nSPS) is 18.8. The molecule has 0 aromatic carbocycles. The summed E-state index contributed by atoms with van der Waals surface area (Å²) in [4.78, 5) is 44.7. The maximum absolute atomic E-state index is 12.0. The quantitative estimate of drug-likeness (QED) is 0.338. The summed E-state index contributed by atoms with van der Waals surface area (Å²) in [5.74, 6) is -3.93. The second kappa shape index (κ2) is 11.4. The highest BCUT2D eigenvalue weighted by Gasteiger charge is 2.35. The first kappa shape index (κ1) is 25.6. The van der Waals surface area contributed by atoms with E-state index < -0.39 is 47.9 Å². The molecular formula is C16H28N2O10. The number of aliphatic carboxylic acids is 2. The molecule has 1 amide bonds. The molecule has 0 aromatic rings. The van der Waals surface area contributed by atoms with Gasteiger partial charge in [-0.1, -0.05) is 0 Å². The van der Waals surface area contributed by atoms with Crippen molar-refractivity contribution in [2.24, 2.45) is 0 Å². The third kappa shape index (κ3) is 8.97. The van der Waals surface area contributed by atoms with Crippen molar-refractivity contribution in [2.75, 3.05) is 26.2 Å². The zero-order chi connectivity index (χ0) is 22.1. The molecule has 1 fully saturated rings. The number of hydrogen-bond acceptors (Lipinski definition) is 9. The maximum atomic E-state index is 12.0. The molecule has 0 unspecified atom stereocenters. The fourth-order valence-electron chi connectivity index (χ4n) is 1.96. The van der Waals surface area contributed by atoms with Crippen molar-refractivity contribution in [3.05, 3.63) is 0 Å². The van der Waals surface area contributed by atoms with Crippen LogP contribution in [0.4, 0.5) is 4.79 Å². The smallest absolute Gasteiger partial charge is 0.411 e. The maximum Gasteiger partial charge on any atom is 0.411 e. The summed E-state index contributed by atoms with van der Waals surface area (Å²) in [6.07, 6.45) is -5.00. The zero-order valence-corrected chi connectivity index (χ0v) is 16.2. The lowest BCUT2D eigenvalue weighted by atomic mass is 10.2. The fraction of sp³-hybridized carbons (Fsp3) is 0.750. The zero-order valence-electron chi connectivity index (χ0n) is 16.2. The molecule has 1 aliphatic rings. The van der Waals surface area contributed by atoms with Gasteiger partial charge in [0.1, 0.15) is 11.6 Å². The number of nitrogens with zero attached hydrogens (tertiary/aromatic N) is 1. The van der Waals surface area contributed by atoms with E-state index in [0.717, 1.165) is 0 Å². The molecule has 0 spiro atoms. The van der Waals surface area contributed by atoms with Crippen molar-refractivity contribution in [1.29, 1.82) is 0 Å². The van der Waals surface area contributed by atoms with Gasteiger partial charge in [-0.25, -0.2) is 19.2 Å². The van der Waals surface area contributed by atoms with Crippen molar-refractivity contribution in [2.45, 2.75) is 51.5 Å². The molecular weight excluding hydrogens is 380 g/mol. The van der Waals surface area contributed by atoms with Crippen LogP contribution in [0.15, 0.2) is 0 Å². The van der Waals surface area contributed by atoms with E-state index in [2.05, 4.69) is 5.32 Å². The largest absolute Gasteiger partial charge is 0.479 e. The Balaban J connectivity index is 0.000000621. The van der Waals surface area contributed by atoms with Crippen molar-refractivity contribution in [1.82, 2.24) is 10.2 Å². The standard InChI is InChI=1S/C12H22N2O4.C4H6O6/c1-5-17-10(15)9-8-13-6-7-14(9)11(16)18-12(2,3)4;5-1(3(7)8)2(6)4(9)10/h9,13H,5-8H2,1-4H3;1-2,5-6H,(H,7,8)(H,9,10)/t9-;1-,2-/m00/s1. The lowest BCUT2D eigenvalue weighted by Gasteiger charge is -2.35. The molecule has 0 saturated carbocycles. The molecule has 5 N–H and O–H groups in total. The predicted molar refractivity (Wildman–Crippen MR) is 93.5 cm³/mol.